The Hall–Kier alpha value is -2.98. The average Bonchev–Trinajstić information content (AvgIpc) is 3.33. The van der Waals surface area contributed by atoms with Crippen molar-refractivity contribution in [3.63, 3.8) is 0 Å². The van der Waals surface area contributed by atoms with Crippen molar-refractivity contribution in [2.75, 3.05) is 0 Å². The molecular weight excluding hydrogens is 326 g/mol. The van der Waals surface area contributed by atoms with Crippen molar-refractivity contribution in [1.82, 2.24) is 9.78 Å². The summed E-state index contributed by atoms with van der Waals surface area (Å²) < 4.78 is 1.92. The number of hydrogen-bond acceptors (Lipinski definition) is 3. The predicted molar refractivity (Wildman–Crippen MR) is 105 cm³/mol. The van der Waals surface area contributed by atoms with Gasteiger partial charge in [0.25, 0.3) is 0 Å². The second kappa shape index (κ2) is 7.28. The van der Waals surface area contributed by atoms with Crippen LogP contribution >= 0.6 is 11.3 Å². The first kappa shape index (κ1) is 15.5. The molecule has 0 bridgehead atoms. The summed E-state index contributed by atoms with van der Waals surface area (Å²) >= 11 is 1.69. The molecule has 4 rings (SSSR count). The maximum Gasteiger partial charge on any atom is 0.111 e. The van der Waals surface area contributed by atoms with Crippen LogP contribution in [-0.4, -0.2) is 16.0 Å². The number of rotatable bonds is 5. The second-order valence-corrected chi connectivity index (χ2v) is 6.59. The predicted octanol–water partition coefficient (Wildman–Crippen LogP) is 5.22. The Balaban J connectivity index is 1.67. The molecule has 0 aliphatic carbocycles. The van der Waals surface area contributed by atoms with Gasteiger partial charge < -0.3 is 0 Å². The highest BCUT2D eigenvalue weighted by Gasteiger charge is 2.11. The molecule has 25 heavy (non-hydrogen) atoms. The van der Waals surface area contributed by atoms with Gasteiger partial charge in [-0.2, -0.15) is 5.10 Å². The van der Waals surface area contributed by atoms with Gasteiger partial charge in [0.05, 0.1) is 17.1 Å². The van der Waals surface area contributed by atoms with Crippen molar-refractivity contribution in [1.29, 1.82) is 0 Å². The van der Waals surface area contributed by atoms with E-state index in [2.05, 4.69) is 40.7 Å². The van der Waals surface area contributed by atoms with Crippen LogP contribution in [0.5, 0.6) is 0 Å². The lowest BCUT2D eigenvalue weighted by molar-refractivity contribution is 0.885. The number of benzene rings is 2. The molecule has 122 valence electrons. The number of nitrogens with zero attached hydrogens (tertiary/aromatic N) is 3. The van der Waals surface area contributed by atoms with E-state index in [0.29, 0.717) is 6.54 Å². The van der Waals surface area contributed by atoms with Gasteiger partial charge in [-0.05, 0) is 29.1 Å². The smallest absolute Gasteiger partial charge is 0.111 e. The molecule has 0 amide bonds. The molecule has 3 nitrogen and oxygen atoms in total. The Bertz CT molecular complexity index is 955. The molecule has 0 radical (unpaired) electrons. The van der Waals surface area contributed by atoms with E-state index in [1.54, 1.807) is 11.3 Å². The molecule has 2 aromatic heterocycles. The first-order valence-corrected chi connectivity index (χ1v) is 9.01. The number of para-hydroxylation sites is 1. The van der Waals surface area contributed by atoms with E-state index in [9.17, 15) is 0 Å². The Morgan fingerprint density at radius 2 is 1.68 bits per heavy atom. The SMILES string of the molecule is C(=NCc1ccccc1)c1cn(-c2ccccc2)nc1-c1cccs1. The highest BCUT2D eigenvalue weighted by Crippen LogP contribution is 2.26. The summed E-state index contributed by atoms with van der Waals surface area (Å²) in [4.78, 5) is 5.76. The largest absolute Gasteiger partial charge is 0.288 e. The topological polar surface area (TPSA) is 30.2 Å². The lowest BCUT2D eigenvalue weighted by Gasteiger charge is -1.98. The zero-order valence-corrected chi connectivity index (χ0v) is 14.4. The molecule has 0 aliphatic rings. The van der Waals surface area contributed by atoms with Crippen LogP contribution < -0.4 is 0 Å². The van der Waals surface area contributed by atoms with Crippen LogP contribution in [0.25, 0.3) is 16.3 Å². The van der Waals surface area contributed by atoms with Crippen molar-refractivity contribution in [2.24, 2.45) is 4.99 Å². The van der Waals surface area contributed by atoms with Crippen LogP contribution in [0.1, 0.15) is 11.1 Å². The monoisotopic (exact) mass is 343 g/mol. The summed E-state index contributed by atoms with van der Waals surface area (Å²) in [5, 5.41) is 6.86. The molecule has 4 aromatic rings. The van der Waals surface area contributed by atoms with Gasteiger partial charge in [0.1, 0.15) is 5.69 Å². The summed E-state index contributed by atoms with van der Waals surface area (Å²) in [6.07, 6.45) is 3.97. The molecule has 0 unspecified atom stereocenters. The van der Waals surface area contributed by atoms with E-state index in [1.165, 1.54) is 5.56 Å². The van der Waals surface area contributed by atoms with Crippen molar-refractivity contribution >= 4 is 17.6 Å². The first-order valence-electron chi connectivity index (χ1n) is 8.13. The van der Waals surface area contributed by atoms with Gasteiger partial charge in [0.15, 0.2) is 0 Å². The summed E-state index contributed by atoms with van der Waals surface area (Å²) in [6, 6.07) is 24.6. The van der Waals surface area contributed by atoms with Gasteiger partial charge >= 0.3 is 0 Å². The zero-order valence-electron chi connectivity index (χ0n) is 13.6. The maximum atomic E-state index is 4.78. The van der Waals surface area contributed by atoms with Crippen molar-refractivity contribution in [2.45, 2.75) is 6.54 Å². The van der Waals surface area contributed by atoms with E-state index in [4.69, 9.17) is 5.10 Å². The normalized spacial score (nSPS) is 11.2. The first-order chi connectivity index (χ1) is 12.4. The molecule has 2 heterocycles. The third-order valence-corrected chi connectivity index (χ3v) is 4.74. The van der Waals surface area contributed by atoms with Crippen LogP contribution in [0.15, 0.2) is 89.4 Å². The van der Waals surface area contributed by atoms with Crippen LogP contribution in [-0.2, 0) is 6.54 Å². The van der Waals surface area contributed by atoms with E-state index >= 15 is 0 Å². The third-order valence-electron chi connectivity index (χ3n) is 3.86. The minimum atomic E-state index is 0.668. The number of thiophene rings is 1. The minimum Gasteiger partial charge on any atom is -0.288 e. The Labute approximate surface area is 150 Å². The second-order valence-electron chi connectivity index (χ2n) is 5.65. The van der Waals surface area contributed by atoms with Crippen molar-refractivity contribution < 1.29 is 0 Å². The quantitative estimate of drug-likeness (QED) is 0.457. The van der Waals surface area contributed by atoms with E-state index < -0.39 is 0 Å². The number of hydrogen-bond donors (Lipinski definition) is 0. The average molecular weight is 343 g/mol. The highest BCUT2D eigenvalue weighted by atomic mass is 32.1. The fourth-order valence-corrected chi connectivity index (χ4v) is 3.36. The van der Waals surface area contributed by atoms with E-state index in [-0.39, 0.29) is 0 Å². The molecule has 0 atom stereocenters. The number of aromatic nitrogens is 2. The standard InChI is InChI=1S/C21H17N3S/c1-3-8-17(9-4-1)14-22-15-18-16-24(19-10-5-2-6-11-19)23-21(18)20-12-7-13-25-20/h1-13,15-16H,14H2. The zero-order chi connectivity index (χ0) is 16.9. The minimum absolute atomic E-state index is 0.668. The molecule has 0 N–H and O–H groups in total. The van der Waals surface area contributed by atoms with E-state index in [0.717, 1.165) is 21.8 Å². The van der Waals surface area contributed by atoms with Crippen molar-refractivity contribution in [3.8, 4) is 16.3 Å². The molecular formula is C21H17N3S. The molecule has 0 aliphatic heterocycles. The maximum absolute atomic E-state index is 4.78. The van der Waals surface area contributed by atoms with Gasteiger partial charge in [-0.1, -0.05) is 54.6 Å². The molecule has 2 aromatic carbocycles. The fourth-order valence-electron chi connectivity index (χ4n) is 2.63. The fraction of sp³-hybridized carbons (Fsp3) is 0.0476. The van der Waals surface area contributed by atoms with Crippen LogP contribution in [0.3, 0.4) is 0 Å². The van der Waals surface area contributed by atoms with Gasteiger partial charge in [0, 0.05) is 18.0 Å². The van der Waals surface area contributed by atoms with Gasteiger partial charge in [-0.15, -0.1) is 11.3 Å². The van der Waals surface area contributed by atoms with Crippen LogP contribution in [0.2, 0.25) is 0 Å². The summed E-state index contributed by atoms with van der Waals surface area (Å²) in [5.41, 5.74) is 4.24. The molecule has 0 fully saturated rings. The molecule has 0 spiro atoms. The highest BCUT2D eigenvalue weighted by molar-refractivity contribution is 7.13. The Morgan fingerprint density at radius 1 is 0.920 bits per heavy atom. The summed E-state index contributed by atoms with van der Waals surface area (Å²) in [5.74, 6) is 0. The molecule has 0 saturated heterocycles. The summed E-state index contributed by atoms with van der Waals surface area (Å²) in [7, 11) is 0. The summed E-state index contributed by atoms with van der Waals surface area (Å²) in [6.45, 7) is 0.668. The lowest BCUT2D eigenvalue weighted by atomic mass is 10.2. The van der Waals surface area contributed by atoms with Gasteiger partial charge in [-0.25, -0.2) is 4.68 Å². The third kappa shape index (κ3) is 3.59. The van der Waals surface area contributed by atoms with Gasteiger partial charge in [0.2, 0.25) is 0 Å². The van der Waals surface area contributed by atoms with Crippen LogP contribution in [0, 0.1) is 0 Å². The Kier molecular flexibility index (Phi) is 4.53. The lowest BCUT2D eigenvalue weighted by Crippen LogP contribution is -1.93. The van der Waals surface area contributed by atoms with E-state index in [1.807, 2.05) is 59.6 Å². The van der Waals surface area contributed by atoms with Crippen molar-refractivity contribution in [3.05, 3.63) is 95.5 Å². The molecule has 4 heteroatoms. The Morgan fingerprint density at radius 3 is 2.40 bits per heavy atom. The number of aliphatic imine (C=N–C) groups is 1. The van der Waals surface area contributed by atoms with Gasteiger partial charge in [-0.3, -0.25) is 4.99 Å². The van der Waals surface area contributed by atoms with Crippen LogP contribution in [0.4, 0.5) is 0 Å². The molecule has 0 saturated carbocycles.